The number of nitrogens with zero attached hydrogens (tertiary/aromatic N) is 4. The van der Waals surface area contributed by atoms with Gasteiger partial charge in [-0.2, -0.15) is 0 Å². The fourth-order valence-corrected chi connectivity index (χ4v) is 4.83. The van der Waals surface area contributed by atoms with Gasteiger partial charge >= 0.3 is 0 Å². The molecule has 0 atom stereocenters. The quantitative estimate of drug-likeness (QED) is 0.727. The zero-order valence-electron chi connectivity index (χ0n) is 15.2. The Morgan fingerprint density at radius 1 is 1.19 bits per heavy atom. The van der Waals surface area contributed by atoms with Gasteiger partial charge in [-0.25, -0.2) is 9.97 Å². The van der Waals surface area contributed by atoms with Gasteiger partial charge in [0.2, 0.25) is 5.91 Å². The lowest BCUT2D eigenvalue weighted by Gasteiger charge is -2.37. The summed E-state index contributed by atoms with van der Waals surface area (Å²) in [4.78, 5) is 37.7. The van der Waals surface area contributed by atoms with Crippen LogP contribution in [0.5, 0.6) is 0 Å². The molecule has 1 N–H and O–H groups in total. The third-order valence-electron chi connectivity index (χ3n) is 4.43. The van der Waals surface area contributed by atoms with Crippen LogP contribution in [0.3, 0.4) is 0 Å². The molecule has 0 bridgehead atoms. The van der Waals surface area contributed by atoms with Gasteiger partial charge in [-0.05, 0) is 19.1 Å². The maximum atomic E-state index is 12.5. The van der Waals surface area contributed by atoms with E-state index in [9.17, 15) is 9.59 Å². The van der Waals surface area contributed by atoms with Crippen LogP contribution in [-0.4, -0.2) is 53.9 Å². The molecule has 0 radical (unpaired) electrons. The number of carbonyl (C=O) groups is 2. The van der Waals surface area contributed by atoms with E-state index in [4.69, 9.17) is 0 Å². The second-order valence-electron chi connectivity index (χ2n) is 6.69. The summed E-state index contributed by atoms with van der Waals surface area (Å²) < 4.78 is 1.15. The highest BCUT2D eigenvalue weighted by Crippen LogP contribution is 2.33. The number of anilines is 2. The Balaban J connectivity index is 1.38. The van der Waals surface area contributed by atoms with Gasteiger partial charge in [0.1, 0.15) is 4.88 Å². The maximum absolute atomic E-state index is 12.5. The zero-order chi connectivity index (χ0) is 19.1. The molecule has 2 aromatic heterocycles. The number of benzene rings is 1. The Labute approximate surface area is 164 Å². The van der Waals surface area contributed by atoms with Crippen LogP contribution in [0.2, 0.25) is 0 Å². The molecule has 140 valence electrons. The van der Waals surface area contributed by atoms with E-state index in [1.807, 2.05) is 18.2 Å². The van der Waals surface area contributed by atoms with Crippen molar-refractivity contribution >= 4 is 55.0 Å². The largest absolute Gasteiger partial charge is 0.346 e. The minimum atomic E-state index is -0.103. The van der Waals surface area contributed by atoms with E-state index in [-0.39, 0.29) is 17.7 Å². The van der Waals surface area contributed by atoms with Gasteiger partial charge in [-0.3, -0.25) is 9.59 Å². The van der Waals surface area contributed by atoms with Crippen molar-refractivity contribution in [3.63, 3.8) is 0 Å². The van der Waals surface area contributed by atoms with Gasteiger partial charge in [0, 0.05) is 27.2 Å². The molecule has 27 heavy (non-hydrogen) atoms. The van der Waals surface area contributed by atoms with Crippen molar-refractivity contribution in [2.45, 2.75) is 6.92 Å². The number of fused-ring (bicyclic) bond motifs is 1. The van der Waals surface area contributed by atoms with Crippen LogP contribution in [0, 0.1) is 12.8 Å². The average Bonchev–Trinajstić information content (AvgIpc) is 3.15. The molecule has 9 heteroatoms. The summed E-state index contributed by atoms with van der Waals surface area (Å²) in [5.41, 5.74) is 1.63. The molecule has 0 unspecified atom stereocenters. The average molecular weight is 402 g/mol. The lowest BCUT2D eigenvalue weighted by Crippen LogP contribution is -2.52. The number of thiazole rings is 2. The first-order chi connectivity index (χ1) is 12.9. The highest BCUT2D eigenvalue weighted by Gasteiger charge is 2.35. The van der Waals surface area contributed by atoms with Gasteiger partial charge in [0.05, 0.1) is 21.8 Å². The first kappa shape index (κ1) is 17.9. The molecule has 0 saturated carbocycles. The van der Waals surface area contributed by atoms with Gasteiger partial charge in [-0.15, -0.1) is 0 Å². The minimum Gasteiger partial charge on any atom is -0.346 e. The van der Waals surface area contributed by atoms with E-state index in [2.05, 4.69) is 26.3 Å². The third kappa shape index (κ3) is 3.40. The fourth-order valence-electron chi connectivity index (χ4n) is 2.85. The number of hydrogen-bond acceptors (Lipinski definition) is 7. The Morgan fingerprint density at radius 3 is 2.63 bits per heavy atom. The highest BCUT2D eigenvalue weighted by molar-refractivity contribution is 7.22. The van der Waals surface area contributed by atoms with Crippen LogP contribution in [0.15, 0.2) is 24.3 Å². The Bertz CT molecular complexity index is 987. The minimum absolute atomic E-state index is 0.0648. The number of aromatic nitrogens is 2. The zero-order valence-corrected chi connectivity index (χ0v) is 16.9. The molecule has 2 amide bonds. The molecule has 0 aliphatic carbocycles. The van der Waals surface area contributed by atoms with Crippen molar-refractivity contribution in [3.8, 4) is 0 Å². The van der Waals surface area contributed by atoms with Crippen LogP contribution in [0.1, 0.15) is 15.4 Å². The number of rotatable bonds is 4. The number of amides is 2. The van der Waals surface area contributed by atoms with Crippen molar-refractivity contribution in [2.75, 3.05) is 37.4 Å². The van der Waals surface area contributed by atoms with Crippen LogP contribution < -0.4 is 10.2 Å². The molecule has 0 spiro atoms. The number of hydrogen-bond donors (Lipinski definition) is 1. The topological polar surface area (TPSA) is 78.4 Å². The van der Waals surface area contributed by atoms with E-state index in [1.165, 1.54) is 16.2 Å². The van der Waals surface area contributed by atoms with E-state index in [0.29, 0.717) is 28.8 Å². The molecule has 7 nitrogen and oxygen atoms in total. The smallest absolute Gasteiger partial charge is 0.265 e. The monoisotopic (exact) mass is 401 g/mol. The van der Waals surface area contributed by atoms with E-state index in [1.54, 1.807) is 32.4 Å². The summed E-state index contributed by atoms with van der Waals surface area (Å²) in [5.74, 6) is -0.268. The predicted octanol–water partition coefficient (Wildman–Crippen LogP) is 2.84. The SMILES string of the molecule is Cc1nc(NC(=O)C2CN(c3nc4ccccc4s3)C2)sc1C(=O)N(C)C. The standard InChI is InChI=1S/C18H19N5O2S2/c1-10-14(16(25)22(2)3)27-17(19-10)21-15(24)11-8-23(9-11)18-20-12-6-4-5-7-13(12)26-18/h4-7,11H,8-9H2,1-3H3,(H,19,21,24). The van der Waals surface area contributed by atoms with E-state index >= 15 is 0 Å². The van der Waals surface area contributed by atoms with E-state index in [0.717, 1.165) is 15.3 Å². The van der Waals surface area contributed by atoms with Gasteiger partial charge in [0.15, 0.2) is 10.3 Å². The number of aryl methyl sites for hydroxylation is 1. The highest BCUT2D eigenvalue weighted by atomic mass is 32.1. The summed E-state index contributed by atoms with van der Waals surface area (Å²) in [6.07, 6.45) is 0. The first-order valence-electron chi connectivity index (χ1n) is 8.53. The molecule has 3 heterocycles. The van der Waals surface area contributed by atoms with Gasteiger partial charge in [-0.1, -0.05) is 34.8 Å². The normalized spacial score (nSPS) is 14.3. The van der Waals surface area contributed by atoms with Gasteiger partial charge in [0.25, 0.3) is 5.91 Å². The van der Waals surface area contributed by atoms with Gasteiger partial charge < -0.3 is 15.1 Å². The molecule has 4 rings (SSSR count). The first-order valence-corrected chi connectivity index (χ1v) is 10.2. The van der Waals surface area contributed by atoms with Crippen molar-refractivity contribution in [1.82, 2.24) is 14.9 Å². The van der Waals surface area contributed by atoms with Crippen LogP contribution in [-0.2, 0) is 4.79 Å². The molecule has 1 saturated heterocycles. The maximum Gasteiger partial charge on any atom is 0.265 e. The van der Waals surface area contributed by atoms with Crippen molar-refractivity contribution in [3.05, 3.63) is 34.8 Å². The Kier molecular flexibility index (Phi) is 4.56. The molecular formula is C18H19N5O2S2. The molecular weight excluding hydrogens is 382 g/mol. The summed E-state index contributed by atoms with van der Waals surface area (Å²) in [6, 6.07) is 8.03. The van der Waals surface area contributed by atoms with Crippen molar-refractivity contribution in [2.24, 2.45) is 5.92 Å². The second-order valence-corrected chi connectivity index (χ2v) is 8.70. The predicted molar refractivity (Wildman–Crippen MR) is 109 cm³/mol. The second kappa shape index (κ2) is 6.90. The number of nitrogens with one attached hydrogen (secondary N) is 1. The lowest BCUT2D eigenvalue weighted by atomic mass is 10.0. The number of carbonyl (C=O) groups excluding carboxylic acids is 2. The lowest BCUT2D eigenvalue weighted by molar-refractivity contribution is -0.120. The van der Waals surface area contributed by atoms with Crippen molar-refractivity contribution in [1.29, 1.82) is 0 Å². The van der Waals surface area contributed by atoms with Crippen LogP contribution in [0.4, 0.5) is 10.3 Å². The molecule has 1 fully saturated rings. The fraction of sp³-hybridized carbons (Fsp3) is 0.333. The summed E-state index contributed by atoms with van der Waals surface area (Å²) >= 11 is 2.86. The molecule has 3 aromatic rings. The summed E-state index contributed by atoms with van der Waals surface area (Å²) in [5, 5.41) is 4.27. The summed E-state index contributed by atoms with van der Waals surface area (Å²) in [7, 11) is 3.40. The molecule has 1 aromatic carbocycles. The molecule has 1 aliphatic heterocycles. The summed E-state index contributed by atoms with van der Waals surface area (Å²) in [6.45, 7) is 3.06. The number of para-hydroxylation sites is 1. The van der Waals surface area contributed by atoms with Crippen molar-refractivity contribution < 1.29 is 9.59 Å². The van der Waals surface area contributed by atoms with Crippen LogP contribution >= 0.6 is 22.7 Å². The Hall–Kier alpha value is -2.52. The van der Waals surface area contributed by atoms with E-state index < -0.39 is 0 Å². The molecule has 1 aliphatic rings. The Morgan fingerprint density at radius 2 is 1.93 bits per heavy atom. The third-order valence-corrected chi connectivity index (χ3v) is 6.59. The van der Waals surface area contributed by atoms with Crippen LogP contribution in [0.25, 0.3) is 10.2 Å².